The summed E-state index contributed by atoms with van der Waals surface area (Å²) in [7, 11) is 0. The standard InChI is InChI=1S/C22H24ClNO4/c1-13-19(22(26)28-12-14-6-5-11-27-14)20(15-7-2-3-8-16(15)23)21-17(24-13)9-4-10-18(21)25/h2-3,7-8,14,20-21H,4-6,9-12H2,1H3/t14-,20-,21+/m0/s1. The fraction of sp³-hybridized carbons (Fsp3) is 0.500. The van der Waals surface area contributed by atoms with Crippen LogP contribution in [0.1, 0.15) is 50.5 Å². The van der Waals surface area contributed by atoms with Gasteiger partial charge in [-0.3, -0.25) is 9.79 Å². The molecule has 3 atom stereocenters. The second-order valence-electron chi connectivity index (χ2n) is 7.63. The zero-order valence-corrected chi connectivity index (χ0v) is 16.7. The number of aliphatic imine (C=N–C) groups is 1. The second kappa shape index (κ2) is 8.18. The Hall–Kier alpha value is -1.98. The minimum atomic E-state index is -0.453. The van der Waals surface area contributed by atoms with E-state index < -0.39 is 17.8 Å². The predicted molar refractivity (Wildman–Crippen MR) is 107 cm³/mol. The van der Waals surface area contributed by atoms with Crippen LogP contribution >= 0.6 is 11.6 Å². The van der Waals surface area contributed by atoms with E-state index in [0.717, 1.165) is 37.0 Å². The van der Waals surface area contributed by atoms with Crippen LogP contribution in [-0.2, 0) is 19.1 Å². The highest BCUT2D eigenvalue weighted by Gasteiger charge is 2.44. The Morgan fingerprint density at radius 3 is 2.82 bits per heavy atom. The molecule has 1 aliphatic carbocycles. The molecule has 4 rings (SSSR count). The summed E-state index contributed by atoms with van der Waals surface area (Å²) in [6.07, 6.45) is 3.89. The van der Waals surface area contributed by atoms with Crippen molar-refractivity contribution in [1.29, 1.82) is 0 Å². The summed E-state index contributed by atoms with van der Waals surface area (Å²) in [6, 6.07) is 7.40. The lowest BCUT2D eigenvalue weighted by molar-refractivity contribution is -0.142. The number of Topliss-reactive ketones (excluding diaryl/α,β-unsaturated/α-hetero) is 1. The van der Waals surface area contributed by atoms with Crippen molar-refractivity contribution < 1.29 is 19.1 Å². The summed E-state index contributed by atoms with van der Waals surface area (Å²) in [5.41, 5.74) is 2.69. The van der Waals surface area contributed by atoms with Crippen LogP contribution in [0.15, 0.2) is 40.5 Å². The van der Waals surface area contributed by atoms with Gasteiger partial charge in [0, 0.05) is 35.4 Å². The molecule has 0 bridgehead atoms. The quantitative estimate of drug-likeness (QED) is 0.707. The molecule has 0 N–H and O–H groups in total. The molecule has 0 aromatic heterocycles. The number of esters is 1. The first kappa shape index (κ1) is 19.3. The molecule has 148 valence electrons. The maximum atomic E-state index is 13.1. The number of benzene rings is 1. The molecule has 0 amide bonds. The number of halogens is 1. The molecule has 5 nitrogen and oxygen atoms in total. The molecule has 1 aromatic carbocycles. The number of fused-ring (bicyclic) bond motifs is 1. The van der Waals surface area contributed by atoms with Crippen molar-refractivity contribution in [2.45, 2.75) is 51.0 Å². The molecule has 3 aliphatic rings. The third-order valence-corrected chi connectivity index (χ3v) is 6.14. The fourth-order valence-corrected chi connectivity index (χ4v) is 4.72. The van der Waals surface area contributed by atoms with Crippen LogP contribution in [0.4, 0.5) is 0 Å². The van der Waals surface area contributed by atoms with Gasteiger partial charge in [-0.1, -0.05) is 29.8 Å². The van der Waals surface area contributed by atoms with Gasteiger partial charge in [0.2, 0.25) is 0 Å². The minimum absolute atomic E-state index is 0.0532. The topological polar surface area (TPSA) is 65.0 Å². The number of hydrogen-bond acceptors (Lipinski definition) is 5. The molecule has 0 unspecified atom stereocenters. The van der Waals surface area contributed by atoms with E-state index in [1.807, 2.05) is 25.1 Å². The number of nitrogens with zero attached hydrogens (tertiary/aromatic N) is 1. The zero-order valence-electron chi connectivity index (χ0n) is 15.9. The van der Waals surface area contributed by atoms with Crippen molar-refractivity contribution in [3.05, 3.63) is 46.1 Å². The number of carbonyl (C=O) groups is 2. The Bertz CT molecular complexity index is 854. The second-order valence-corrected chi connectivity index (χ2v) is 8.04. The molecule has 0 spiro atoms. The Balaban J connectivity index is 1.71. The van der Waals surface area contributed by atoms with Gasteiger partial charge < -0.3 is 9.47 Å². The molecule has 2 fully saturated rings. The molecule has 6 heteroatoms. The third kappa shape index (κ3) is 3.65. The lowest BCUT2D eigenvalue weighted by atomic mass is 9.69. The van der Waals surface area contributed by atoms with Crippen molar-refractivity contribution in [2.75, 3.05) is 13.2 Å². The van der Waals surface area contributed by atoms with Crippen LogP contribution < -0.4 is 0 Å². The Labute approximate surface area is 169 Å². The number of ketones is 1. The summed E-state index contributed by atoms with van der Waals surface area (Å²) in [5.74, 6) is -1.21. The van der Waals surface area contributed by atoms with Gasteiger partial charge in [-0.25, -0.2) is 4.79 Å². The minimum Gasteiger partial charge on any atom is -0.460 e. The van der Waals surface area contributed by atoms with E-state index >= 15 is 0 Å². The number of allylic oxidation sites excluding steroid dienone is 1. The van der Waals surface area contributed by atoms with Crippen LogP contribution in [0, 0.1) is 5.92 Å². The third-order valence-electron chi connectivity index (χ3n) is 5.79. The molecular formula is C22H24ClNO4. The molecule has 2 aliphatic heterocycles. The van der Waals surface area contributed by atoms with Gasteiger partial charge in [0.25, 0.3) is 0 Å². The van der Waals surface area contributed by atoms with Crippen molar-refractivity contribution in [3.63, 3.8) is 0 Å². The van der Waals surface area contributed by atoms with E-state index in [1.165, 1.54) is 0 Å². The van der Waals surface area contributed by atoms with E-state index in [4.69, 9.17) is 21.1 Å². The number of carbonyl (C=O) groups excluding carboxylic acids is 2. The largest absolute Gasteiger partial charge is 0.460 e. The average Bonchev–Trinajstić information content (AvgIpc) is 3.19. The van der Waals surface area contributed by atoms with E-state index in [9.17, 15) is 9.59 Å². The molecule has 1 saturated heterocycles. The first-order chi connectivity index (χ1) is 13.6. The molecule has 1 aromatic rings. The Morgan fingerprint density at radius 1 is 1.25 bits per heavy atom. The monoisotopic (exact) mass is 401 g/mol. The van der Waals surface area contributed by atoms with Crippen LogP contribution in [0.3, 0.4) is 0 Å². The lowest BCUT2D eigenvalue weighted by Gasteiger charge is -2.36. The summed E-state index contributed by atoms with van der Waals surface area (Å²) >= 11 is 6.49. The van der Waals surface area contributed by atoms with Gasteiger partial charge in [-0.05, 0) is 44.2 Å². The summed E-state index contributed by atoms with van der Waals surface area (Å²) in [5, 5.41) is 0.546. The average molecular weight is 402 g/mol. The van der Waals surface area contributed by atoms with Gasteiger partial charge in [-0.15, -0.1) is 0 Å². The highest BCUT2D eigenvalue weighted by atomic mass is 35.5. The predicted octanol–water partition coefficient (Wildman–Crippen LogP) is 4.24. The molecule has 2 heterocycles. The van der Waals surface area contributed by atoms with Crippen molar-refractivity contribution in [3.8, 4) is 0 Å². The zero-order chi connectivity index (χ0) is 19.7. The van der Waals surface area contributed by atoms with E-state index in [2.05, 4.69) is 4.99 Å². The fourth-order valence-electron chi connectivity index (χ4n) is 4.47. The summed E-state index contributed by atoms with van der Waals surface area (Å²) < 4.78 is 11.2. The number of hydrogen-bond donors (Lipinski definition) is 0. The van der Waals surface area contributed by atoms with Gasteiger partial charge in [0.1, 0.15) is 12.4 Å². The van der Waals surface area contributed by atoms with Gasteiger partial charge >= 0.3 is 5.97 Å². The number of ether oxygens (including phenoxy) is 2. The highest BCUT2D eigenvalue weighted by Crippen LogP contribution is 2.45. The normalized spacial score (nSPS) is 27.4. The highest BCUT2D eigenvalue weighted by molar-refractivity contribution is 6.31. The van der Waals surface area contributed by atoms with E-state index in [1.54, 1.807) is 6.07 Å². The molecule has 1 saturated carbocycles. The molecular weight excluding hydrogens is 378 g/mol. The SMILES string of the molecule is CC1=C(C(=O)OC[C@@H]2CCCO2)[C@H](c2ccccc2Cl)[C@H]2C(=O)CCCC2=N1. The van der Waals surface area contributed by atoms with E-state index in [-0.39, 0.29) is 18.5 Å². The summed E-state index contributed by atoms with van der Waals surface area (Å²) in [4.78, 5) is 30.6. The Kier molecular flexibility index (Phi) is 5.65. The lowest BCUT2D eigenvalue weighted by Crippen LogP contribution is -2.39. The number of rotatable bonds is 4. The maximum absolute atomic E-state index is 13.1. The summed E-state index contributed by atoms with van der Waals surface area (Å²) in [6.45, 7) is 2.74. The van der Waals surface area contributed by atoms with Crippen molar-refractivity contribution >= 4 is 29.1 Å². The first-order valence-electron chi connectivity index (χ1n) is 9.90. The van der Waals surface area contributed by atoms with Crippen LogP contribution in [-0.4, -0.2) is 36.8 Å². The van der Waals surface area contributed by atoms with Gasteiger partial charge in [0.15, 0.2) is 0 Å². The molecule has 28 heavy (non-hydrogen) atoms. The van der Waals surface area contributed by atoms with Crippen molar-refractivity contribution in [1.82, 2.24) is 0 Å². The van der Waals surface area contributed by atoms with E-state index in [0.29, 0.717) is 29.3 Å². The van der Waals surface area contributed by atoms with Gasteiger partial charge in [0.05, 0.1) is 17.6 Å². The van der Waals surface area contributed by atoms with Crippen LogP contribution in [0.25, 0.3) is 0 Å². The van der Waals surface area contributed by atoms with Crippen molar-refractivity contribution in [2.24, 2.45) is 10.9 Å². The van der Waals surface area contributed by atoms with Gasteiger partial charge in [-0.2, -0.15) is 0 Å². The van der Waals surface area contributed by atoms with Crippen LogP contribution in [0.2, 0.25) is 5.02 Å². The maximum Gasteiger partial charge on any atom is 0.336 e. The Morgan fingerprint density at radius 2 is 2.07 bits per heavy atom. The smallest absolute Gasteiger partial charge is 0.336 e. The van der Waals surface area contributed by atoms with Crippen LogP contribution in [0.5, 0.6) is 0 Å². The molecule has 0 radical (unpaired) electrons. The first-order valence-corrected chi connectivity index (χ1v) is 10.3.